The van der Waals surface area contributed by atoms with Crippen molar-refractivity contribution in [2.75, 3.05) is 33.9 Å². The minimum atomic E-state index is -0.253. The highest BCUT2D eigenvalue weighted by Crippen LogP contribution is 2.10. The Kier molecular flexibility index (Phi) is 6.38. The lowest BCUT2D eigenvalue weighted by atomic mass is 10.2. The van der Waals surface area contributed by atoms with Gasteiger partial charge in [0.05, 0.1) is 12.2 Å². The van der Waals surface area contributed by atoms with Crippen LogP contribution in [0.2, 0.25) is 0 Å². The summed E-state index contributed by atoms with van der Waals surface area (Å²) in [5, 5.41) is 13.7. The summed E-state index contributed by atoms with van der Waals surface area (Å²) in [6, 6.07) is 6.88. The Morgan fingerprint density at radius 3 is 2.92 bits per heavy atom. The molecule has 1 aromatic carbocycles. The van der Waals surface area contributed by atoms with Crippen molar-refractivity contribution < 1.29 is 14.3 Å². The molecule has 0 unspecified atom stereocenters. The van der Waals surface area contributed by atoms with Crippen LogP contribution in [0.5, 0.6) is 0 Å². The third-order valence-corrected chi connectivity index (χ3v) is 3.28. The van der Waals surface area contributed by atoms with E-state index in [9.17, 15) is 9.59 Å². The lowest BCUT2D eigenvalue weighted by Crippen LogP contribution is -2.38. The molecule has 1 N–H and O–H groups in total. The van der Waals surface area contributed by atoms with E-state index in [1.54, 1.807) is 38.4 Å². The monoisotopic (exact) mass is 332 g/mol. The van der Waals surface area contributed by atoms with E-state index < -0.39 is 0 Å². The summed E-state index contributed by atoms with van der Waals surface area (Å²) < 4.78 is 6.37. The number of ether oxygens (including phenoxy) is 1. The maximum absolute atomic E-state index is 12.4. The molecule has 0 bridgehead atoms. The first-order valence-corrected chi connectivity index (χ1v) is 7.46. The van der Waals surface area contributed by atoms with Gasteiger partial charge in [0.25, 0.3) is 5.91 Å². The smallest absolute Gasteiger partial charge is 0.254 e. The molecule has 1 heterocycles. The summed E-state index contributed by atoms with van der Waals surface area (Å²) in [7, 11) is 3.19. The third kappa shape index (κ3) is 4.85. The van der Waals surface area contributed by atoms with Crippen LogP contribution in [0, 0.1) is 0 Å². The number of aromatic nitrogens is 4. The van der Waals surface area contributed by atoms with Gasteiger partial charge in [0.15, 0.2) is 0 Å². The van der Waals surface area contributed by atoms with Gasteiger partial charge in [-0.2, -0.15) is 0 Å². The number of amides is 2. The van der Waals surface area contributed by atoms with Crippen molar-refractivity contribution in [3.63, 3.8) is 0 Å². The minimum Gasteiger partial charge on any atom is -0.385 e. The predicted molar refractivity (Wildman–Crippen MR) is 85.6 cm³/mol. The minimum absolute atomic E-state index is 0.0130. The Bertz CT molecular complexity index is 674. The first kappa shape index (κ1) is 17.5. The Balaban J connectivity index is 1.93. The maximum atomic E-state index is 12.4. The van der Waals surface area contributed by atoms with Crippen LogP contribution in [0.4, 0.5) is 0 Å². The molecule has 2 rings (SSSR count). The summed E-state index contributed by atoms with van der Waals surface area (Å²) in [5.41, 5.74) is 1.13. The van der Waals surface area contributed by atoms with Crippen LogP contribution in [0.1, 0.15) is 16.8 Å². The fourth-order valence-corrected chi connectivity index (χ4v) is 2.07. The molecule has 0 saturated carbocycles. The average Bonchev–Trinajstić information content (AvgIpc) is 3.13. The van der Waals surface area contributed by atoms with E-state index in [0.717, 1.165) is 6.42 Å². The molecule has 24 heavy (non-hydrogen) atoms. The fourth-order valence-electron chi connectivity index (χ4n) is 2.07. The third-order valence-electron chi connectivity index (χ3n) is 3.28. The van der Waals surface area contributed by atoms with Gasteiger partial charge in [-0.25, -0.2) is 4.68 Å². The van der Waals surface area contributed by atoms with Gasteiger partial charge >= 0.3 is 0 Å². The van der Waals surface area contributed by atoms with Crippen molar-refractivity contribution in [1.82, 2.24) is 30.4 Å². The van der Waals surface area contributed by atoms with E-state index in [4.69, 9.17) is 4.74 Å². The molecule has 0 fully saturated rings. The number of methoxy groups -OCH3 is 1. The Morgan fingerprint density at radius 1 is 1.38 bits per heavy atom. The van der Waals surface area contributed by atoms with Crippen LogP contribution < -0.4 is 5.32 Å². The number of hydrogen-bond acceptors (Lipinski definition) is 6. The first-order chi connectivity index (χ1) is 11.6. The van der Waals surface area contributed by atoms with Crippen LogP contribution in [0.25, 0.3) is 5.69 Å². The van der Waals surface area contributed by atoms with Gasteiger partial charge in [0, 0.05) is 32.9 Å². The van der Waals surface area contributed by atoms with E-state index in [1.165, 1.54) is 15.9 Å². The summed E-state index contributed by atoms with van der Waals surface area (Å²) in [5.74, 6) is -0.462. The number of likely N-dealkylation sites (N-methyl/N-ethyl adjacent to an activating group) is 1. The molecule has 2 aromatic rings. The quantitative estimate of drug-likeness (QED) is 0.677. The number of hydrogen-bond donors (Lipinski definition) is 1. The lowest BCUT2D eigenvalue weighted by molar-refractivity contribution is -0.121. The second-order valence-electron chi connectivity index (χ2n) is 5.16. The highest BCUT2D eigenvalue weighted by Gasteiger charge is 2.15. The Morgan fingerprint density at radius 2 is 2.21 bits per heavy atom. The topological polar surface area (TPSA) is 102 Å². The number of benzene rings is 1. The largest absolute Gasteiger partial charge is 0.385 e. The number of carbonyl (C=O) groups is 2. The molecular formula is C15H20N6O3. The van der Waals surface area contributed by atoms with E-state index in [2.05, 4.69) is 20.8 Å². The van der Waals surface area contributed by atoms with Crippen molar-refractivity contribution >= 4 is 11.8 Å². The molecule has 128 valence electrons. The van der Waals surface area contributed by atoms with Gasteiger partial charge in [-0.05, 0) is 35.0 Å². The second kappa shape index (κ2) is 8.73. The number of nitrogens with one attached hydrogen (secondary N) is 1. The molecule has 0 spiro atoms. The first-order valence-electron chi connectivity index (χ1n) is 7.46. The molecule has 0 saturated heterocycles. The van der Waals surface area contributed by atoms with Crippen LogP contribution in [-0.2, 0) is 9.53 Å². The molecule has 0 atom stereocenters. The average molecular weight is 332 g/mol. The number of rotatable bonds is 8. The lowest BCUT2D eigenvalue weighted by Gasteiger charge is -2.17. The molecular weight excluding hydrogens is 312 g/mol. The zero-order chi connectivity index (χ0) is 17.4. The molecule has 0 aliphatic heterocycles. The van der Waals surface area contributed by atoms with Crippen LogP contribution >= 0.6 is 0 Å². The zero-order valence-electron chi connectivity index (χ0n) is 13.7. The van der Waals surface area contributed by atoms with E-state index in [0.29, 0.717) is 24.4 Å². The molecule has 9 heteroatoms. The normalized spacial score (nSPS) is 10.4. The SMILES string of the molecule is COCCCNC(=O)CN(C)C(=O)c1cccc(-n2cnnn2)c1. The Labute approximate surface area is 139 Å². The Hall–Kier alpha value is -2.81. The van der Waals surface area contributed by atoms with E-state index >= 15 is 0 Å². The van der Waals surface area contributed by atoms with Gasteiger partial charge in [-0.15, -0.1) is 5.10 Å². The van der Waals surface area contributed by atoms with Crippen molar-refractivity contribution in [2.24, 2.45) is 0 Å². The summed E-state index contributed by atoms with van der Waals surface area (Å²) in [6.45, 7) is 1.09. The van der Waals surface area contributed by atoms with Gasteiger partial charge in [0.1, 0.15) is 6.33 Å². The second-order valence-corrected chi connectivity index (χ2v) is 5.16. The molecule has 0 radical (unpaired) electrons. The van der Waals surface area contributed by atoms with Crippen LogP contribution in [0.3, 0.4) is 0 Å². The molecule has 0 aliphatic carbocycles. The molecule has 0 aliphatic rings. The van der Waals surface area contributed by atoms with E-state index in [-0.39, 0.29) is 18.4 Å². The standard InChI is InChI=1S/C15H20N6O3/c1-20(10-14(22)16-7-4-8-24-2)15(23)12-5-3-6-13(9-12)21-11-17-18-19-21/h3,5-6,9,11H,4,7-8,10H2,1-2H3,(H,16,22). The number of carbonyl (C=O) groups excluding carboxylic acids is 2. The highest BCUT2D eigenvalue weighted by atomic mass is 16.5. The summed E-state index contributed by atoms with van der Waals surface area (Å²) >= 11 is 0. The fraction of sp³-hybridized carbons (Fsp3) is 0.400. The predicted octanol–water partition coefficient (Wildman–Crippen LogP) is -0.113. The highest BCUT2D eigenvalue weighted by molar-refractivity contribution is 5.96. The van der Waals surface area contributed by atoms with Crippen molar-refractivity contribution in [1.29, 1.82) is 0 Å². The molecule has 9 nitrogen and oxygen atoms in total. The number of tetrazole rings is 1. The summed E-state index contributed by atoms with van der Waals surface area (Å²) in [4.78, 5) is 25.6. The van der Waals surface area contributed by atoms with Gasteiger partial charge in [-0.1, -0.05) is 6.07 Å². The van der Waals surface area contributed by atoms with Crippen LogP contribution in [0.15, 0.2) is 30.6 Å². The maximum Gasteiger partial charge on any atom is 0.254 e. The van der Waals surface area contributed by atoms with Crippen molar-refractivity contribution in [3.05, 3.63) is 36.2 Å². The van der Waals surface area contributed by atoms with E-state index in [1.807, 2.05) is 0 Å². The van der Waals surface area contributed by atoms with Gasteiger partial charge in [0.2, 0.25) is 5.91 Å². The zero-order valence-corrected chi connectivity index (χ0v) is 13.7. The number of nitrogens with zero attached hydrogens (tertiary/aromatic N) is 5. The van der Waals surface area contributed by atoms with Gasteiger partial charge < -0.3 is 15.0 Å². The molecule has 1 aromatic heterocycles. The van der Waals surface area contributed by atoms with Gasteiger partial charge in [-0.3, -0.25) is 9.59 Å². The molecule has 2 amide bonds. The summed E-state index contributed by atoms with van der Waals surface area (Å²) in [6.07, 6.45) is 2.18. The van der Waals surface area contributed by atoms with Crippen LogP contribution in [-0.4, -0.2) is 70.8 Å². The van der Waals surface area contributed by atoms with Crippen molar-refractivity contribution in [2.45, 2.75) is 6.42 Å². The van der Waals surface area contributed by atoms with Crippen molar-refractivity contribution in [3.8, 4) is 5.69 Å².